The average Bonchev–Trinajstić information content (AvgIpc) is 2.30. The molecule has 0 saturated heterocycles. The molecule has 0 aromatic carbocycles. The molecule has 0 heteroatoms. The van der Waals surface area contributed by atoms with Crippen LogP contribution in [0.5, 0.6) is 0 Å². The largest absolute Gasteiger partial charge is 0.0727 e. The zero-order valence-corrected chi connectivity index (χ0v) is 8.81. The zero-order chi connectivity index (χ0) is 9.35. The van der Waals surface area contributed by atoms with Crippen LogP contribution in [-0.4, -0.2) is 0 Å². The van der Waals surface area contributed by atoms with Gasteiger partial charge in [-0.1, -0.05) is 52.3 Å². The van der Waals surface area contributed by atoms with Crippen molar-refractivity contribution in [1.29, 1.82) is 0 Å². The maximum Gasteiger partial charge on any atom is 0.00892 e. The number of hydrogen-bond acceptors (Lipinski definition) is 0. The van der Waals surface area contributed by atoms with Crippen LogP contribution in [-0.2, 0) is 0 Å². The van der Waals surface area contributed by atoms with Crippen molar-refractivity contribution < 1.29 is 0 Å². The highest BCUT2D eigenvalue weighted by atomic mass is 14.2. The van der Waals surface area contributed by atoms with Crippen molar-refractivity contribution in [1.82, 2.24) is 0 Å². The summed E-state index contributed by atoms with van der Waals surface area (Å²) in [7, 11) is 0. The van der Waals surface area contributed by atoms with E-state index in [1.807, 2.05) is 0 Å². The van der Waals surface area contributed by atoms with Gasteiger partial charge in [0.15, 0.2) is 0 Å². The summed E-state index contributed by atoms with van der Waals surface area (Å²) >= 11 is 0. The number of rotatable bonds is 1. The van der Waals surface area contributed by atoms with E-state index in [-0.39, 0.29) is 0 Å². The Morgan fingerprint density at radius 2 is 1.75 bits per heavy atom. The first-order valence-electron chi connectivity index (χ1n) is 4.68. The van der Waals surface area contributed by atoms with Gasteiger partial charge >= 0.3 is 0 Å². The Morgan fingerprint density at radius 1 is 1.17 bits per heavy atom. The molecule has 0 aromatic rings. The maximum absolute atomic E-state index is 2.32. The highest BCUT2D eigenvalue weighted by Gasteiger charge is 2.19. The van der Waals surface area contributed by atoms with Crippen LogP contribution in [0.3, 0.4) is 0 Å². The fourth-order valence-corrected chi connectivity index (χ4v) is 1.29. The highest BCUT2D eigenvalue weighted by molar-refractivity contribution is 5.44. The van der Waals surface area contributed by atoms with Crippen molar-refractivity contribution >= 4 is 0 Å². The molecule has 67 valence electrons. The third kappa shape index (κ3) is 2.00. The summed E-state index contributed by atoms with van der Waals surface area (Å²) in [6.07, 6.45) is 6.81. The smallest absolute Gasteiger partial charge is 0.00892 e. The summed E-state index contributed by atoms with van der Waals surface area (Å²) < 4.78 is 0. The van der Waals surface area contributed by atoms with Crippen LogP contribution in [0.15, 0.2) is 23.3 Å². The molecule has 0 heterocycles. The first-order chi connectivity index (χ1) is 5.41. The van der Waals surface area contributed by atoms with E-state index in [4.69, 9.17) is 0 Å². The third-order valence-corrected chi connectivity index (χ3v) is 2.31. The molecule has 12 heavy (non-hydrogen) atoms. The molecule has 1 rings (SSSR count). The van der Waals surface area contributed by atoms with E-state index in [1.54, 1.807) is 0 Å². The molecule has 0 unspecified atom stereocenters. The minimum absolute atomic E-state index is 0.299. The standard InChI is InChI=1S/C12H19/c1-9(2)10-6-7-11(8-10)12(3,4)5/h6-9H,1-5H3. The van der Waals surface area contributed by atoms with E-state index >= 15 is 0 Å². The Labute approximate surface area is 76.4 Å². The first kappa shape index (κ1) is 9.57. The van der Waals surface area contributed by atoms with Crippen LogP contribution in [0.1, 0.15) is 34.6 Å². The lowest BCUT2D eigenvalue weighted by Crippen LogP contribution is -2.06. The molecule has 0 spiro atoms. The van der Waals surface area contributed by atoms with E-state index in [0.717, 1.165) is 0 Å². The van der Waals surface area contributed by atoms with E-state index in [2.05, 4.69) is 53.2 Å². The quantitative estimate of drug-likeness (QED) is 0.552. The SMILES string of the molecule is CC(C)C1=CC(C(C)(C)C)=C[CH]1. The Bertz CT molecular complexity index is 221. The molecule has 1 aliphatic carbocycles. The van der Waals surface area contributed by atoms with Crippen LogP contribution in [0.25, 0.3) is 0 Å². The average molecular weight is 163 g/mol. The molecule has 0 bridgehead atoms. The predicted molar refractivity (Wildman–Crippen MR) is 54.8 cm³/mol. The van der Waals surface area contributed by atoms with Gasteiger partial charge in [-0.2, -0.15) is 0 Å². The Balaban J connectivity index is 2.75. The number of allylic oxidation sites excluding steroid dienone is 4. The van der Waals surface area contributed by atoms with Gasteiger partial charge in [0.2, 0.25) is 0 Å². The highest BCUT2D eigenvalue weighted by Crippen LogP contribution is 2.34. The van der Waals surface area contributed by atoms with Crippen molar-refractivity contribution in [3.8, 4) is 0 Å². The second-order valence-electron chi connectivity index (χ2n) is 4.84. The van der Waals surface area contributed by atoms with Gasteiger partial charge in [-0.25, -0.2) is 0 Å². The molecule has 0 nitrogen and oxygen atoms in total. The summed E-state index contributed by atoms with van der Waals surface area (Å²) in [5.74, 6) is 0.654. The molecular formula is C12H19. The summed E-state index contributed by atoms with van der Waals surface area (Å²) in [6.45, 7) is 11.2. The normalized spacial score (nSPS) is 18.2. The van der Waals surface area contributed by atoms with Crippen molar-refractivity contribution in [2.45, 2.75) is 34.6 Å². The summed E-state index contributed by atoms with van der Waals surface area (Å²) in [5, 5.41) is 0. The van der Waals surface area contributed by atoms with Gasteiger partial charge in [-0.3, -0.25) is 0 Å². The zero-order valence-electron chi connectivity index (χ0n) is 8.81. The van der Waals surface area contributed by atoms with Crippen molar-refractivity contribution in [2.24, 2.45) is 11.3 Å². The lowest BCUT2D eigenvalue weighted by molar-refractivity contribution is 0.518. The minimum atomic E-state index is 0.299. The third-order valence-electron chi connectivity index (χ3n) is 2.31. The fraction of sp³-hybridized carbons (Fsp3) is 0.583. The van der Waals surface area contributed by atoms with Crippen molar-refractivity contribution in [3.05, 3.63) is 29.7 Å². The fourth-order valence-electron chi connectivity index (χ4n) is 1.29. The molecule has 0 aromatic heterocycles. The van der Waals surface area contributed by atoms with Gasteiger partial charge in [-0.15, -0.1) is 0 Å². The van der Waals surface area contributed by atoms with Crippen LogP contribution in [0, 0.1) is 17.8 Å². The molecule has 1 aliphatic rings. The van der Waals surface area contributed by atoms with E-state index in [0.29, 0.717) is 11.3 Å². The van der Waals surface area contributed by atoms with E-state index in [1.165, 1.54) is 11.1 Å². The van der Waals surface area contributed by atoms with Gasteiger partial charge in [0.05, 0.1) is 0 Å². The molecule has 0 atom stereocenters. The molecule has 0 aliphatic heterocycles. The van der Waals surface area contributed by atoms with Crippen molar-refractivity contribution in [2.75, 3.05) is 0 Å². The van der Waals surface area contributed by atoms with Crippen LogP contribution in [0.4, 0.5) is 0 Å². The first-order valence-corrected chi connectivity index (χ1v) is 4.68. The molecule has 1 radical (unpaired) electrons. The molecule has 0 amide bonds. The Morgan fingerprint density at radius 3 is 2.00 bits per heavy atom. The second-order valence-corrected chi connectivity index (χ2v) is 4.84. The van der Waals surface area contributed by atoms with E-state index < -0.39 is 0 Å². The lowest BCUT2D eigenvalue weighted by Gasteiger charge is -2.18. The monoisotopic (exact) mass is 163 g/mol. The summed E-state index contributed by atoms with van der Waals surface area (Å²) in [5.41, 5.74) is 3.21. The Kier molecular flexibility index (Phi) is 2.46. The predicted octanol–water partition coefficient (Wildman–Crippen LogP) is 3.76. The van der Waals surface area contributed by atoms with Gasteiger partial charge in [0.25, 0.3) is 0 Å². The maximum atomic E-state index is 2.32. The van der Waals surface area contributed by atoms with Gasteiger partial charge < -0.3 is 0 Å². The molecular weight excluding hydrogens is 144 g/mol. The van der Waals surface area contributed by atoms with E-state index in [9.17, 15) is 0 Å². The van der Waals surface area contributed by atoms with Crippen LogP contribution in [0.2, 0.25) is 0 Å². The van der Waals surface area contributed by atoms with Crippen LogP contribution >= 0.6 is 0 Å². The van der Waals surface area contributed by atoms with Gasteiger partial charge in [0, 0.05) is 6.42 Å². The summed E-state index contributed by atoms with van der Waals surface area (Å²) in [4.78, 5) is 0. The van der Waals surface area contributed by atoms with Gasteiger partial charge in [0.1, 0.15) is 0 Å². The molecule has 0 N–H and O–H groups in total. The second kappa shape index (κ2) is 3.08. The Hall–Kier alpha value is -0.520. The summed E-state index contributed by atoms with van der Waals surface area (Å²) in [6, 6.07) is 0. The molecule has 0 fully saturated rings. The van der Waals surface area contributed by atoms with Gasteiger partial charge in [-0.05, 0) is 16.9 Å². The molecule has 0 saturated carbocycles. The minimum Gasteiger partial charge on any atom is -0.0727 e. The van der Waals surface area contributed by atoms with Crippen molar-refractivity contribution in [3.63, 3.8) is 0 Å². The topological polar surface area (TPSA) is 0 Å². The number of hydrogen-bond donors (Lipinski definition) is 0. The lowest BCUT2D eigenvalue weighted by atomic mass is 9.87. The van der Waals surface area contributed by atoms with Crippen LogP contribution < -0.4 is 0 Å².